The largest absolute Gasteiger partial charge is 0.494 e. The Hall–Kier alpha value is -6.09. The molecule has 0 saturated heterocycles. The van der Waals surface area contributed by atoms with Crippen LogP contribution in [0.25, 0.3) is 0 Å². The second-order valence-electron chi connectivity index (χ2n) is 19.0. The first kappa shape index (κ1) is 56.8. The highest BCUT2D eigenvalue weighted by Gasteiger charge is 2.16. The molecule has 5 aromatic carbocycles. The Morgan fingerprint density at radius 2 is 0.764 bits per heavy atom. The number of nitrogens with zero attached hydrogens (tertiary/aromatic N) is 3. The number of azo groups is 1. The van der Waals surface area contributed by atoms with Gasteiger partial charge in [0.15, 0.2) is 0 Å². The van der Waals surface area contributed by atoms with Gasteiger partial charge in [-0.2, -0.15) is 10.2 Å². The van der Waals surface area contributed by atoms with Crippen molar-refractivity contribution in [2.24, 2.45) is 15.2 Å². The molecule has 72 heavy (non-hydrogen) atoms. The van der Waals surface area contributed by atoms with Crippen LogP contribution < -0.4 is 18.9 Å². The van der Waals surface area contributed by atoms with Gasteiger partial charge in [-0.15, -0.1) is 0 Å². The van der Waals surface area contributed by atoms with E-state index in [9.17, 15) is 9.59 Å². The number of aliphatic imine (C=N–C) groups is 1. The van der Waals surface area contributed by atoms with Gasteiger partial charge in [-0.25, -0.2) is 9.59 Å². The molecule has 5 rings (SSSR count). The van der Waals surface area contributed by atoms with Gasteiger partial charge < -0.3 is 18.9 Å². The van der Waals surface area contributed by atoms with Crippen LogP contribution in [-0.4, -0.2) is 31.4 Å². The maximum absolute atomic E-state index is 13.6. The smallest absolute Gasteiger partial charge is 0.343 e. The van der Waals surface area contributed by atoms with E-state index in [0.29, 0.717) is 52.8 Å². The lowest BCUT2D eigenvalue weighted by Crippen LogP contribution is -2.11. The van der Waals surface area contributed by atoms with Gasteiger partial charge in [-0.3, -0.25) is 4.99 Å². The first-order chi connectivity index (χ1) is 35.5. The van der Waals surface area contributed by atoms with Gasteiger partial charge in [0.1, 0.15) is 23.0 Å². The molecule has 386 valence electrons. The van der Waals surface area contributed by atoms with Crippen molar-refractivity contribution in [1.29, 1.82) is 0 Å². The van der Waals surface area contributed by atoms with E-state index < -0.39 is 11.9 Å². The second kappa shape index (κ2) is 35.9. The minimum absolute atomic E-state index is 0.182. The minimum atomic E-state index is -0.571. The van der Waals surface area contributed by atoms with Crippen molar-refractivity contribution < 1.29 is 28.5 Å². The Kier molecular flexibility index (Phi) is 28.3. The zero-order valence-electron chi connectivity index (χ0n) is 43.7. The predicted octanol–water partition coefficient (Wildman–Crippen LogP) is 19.2. The fourth-order valence-corrected chi connectivity index (χ4v) is 8.45. The van der Waals surface area contributed by atoms with Gasteiger partial charge in [0.05, 0.1) is 41.4 Å². The van der Waals surface area contributed by atoms with E-state index >= 15 is 0 Å². The van der Waals surface area contributed by atoms with Gasteiger partial charge in [-0.1, -0.05) is 186 Å². The van der Waals surface area contributed by atoms with E-state index in [-0.39, 0.29) is 11.5 Å². The number of hydrogen-bond acceptors (Lipinski definition) is 9. The third-order valence-corrected chi connectivity index (χ3v) is 12.9. The Balaban J connectivity index is 1.10. The minimum Gasteiger partial charge on any atom is -0.494 e. The summed E-state index contributed by atoms with van der Waals surface area (Å²) in [5, 5.41) is 8.60. The van der Waals surface area contributed by atoms with Crippen LogP contribution in [0.15, 0.2) is 137 Å². The Labute approximate surface area is 432 Å². The molecule has 0 N–H and O–H groups in total. The molecule has 0 radical (unpaired) electrons. The van der Waals surface area contributed by atoms with Crippen molar-refractivity contribution in [3.05, 3.63) is 138 Å². The summed E-state index contributed by atoms with van der Waals surface area (Å²) in [6.45, 7) is 5.81. The molecule has 0 aliphatic carbocycles. The zero-order chi connectivity index (χ0) is 50.5. The van der Waals surface area contributed by atoms with Gasteiger partial charge in [0.2, 0.25) is 0 Å². The first-order valence-corrected chi connectivity index (χ1v) is 27.7. The van der Waals surface area contributed by atoms with Gasteiger partial charge >= 0.3 is 11.9 Å². The summed E-state index contributed by atoms with van der Waals surface area (Å²) in [6.07, 6.45) is 35.5. The molecule has 0 amide bonds. The SMILES string of the molecule is CCCCCCCCCCCCCCCOc1ccc(C(=O)Oc2ccc(C=Nc3ccc(N=Nc4ccccc4)cc3)c(OC(=O)c3ccc(OCCCCCCCCCCCCCCC)cc3)c2)cc1. The molecule has 0 aliphatic heterocycles. The molecular formula is C63H83N3O6. The van der Waals surface area contributed by atoms with Crippen molar-refractivity contribution in [1.82, 2.24) is 0 Å². The molecule has 9 nitrogen and oxygen atoms in total. The Morgan fingerprint density at radius 3 is 1.21 bits per heavy atom. The van der Waals surface area contributed by atoms with Crippen LogP contribution in [0.3, 0.4) is 0 Å². The number of carbonyl (C=O) groups is 2. The van der Waals surface area contributed by atoms with Crippen molar-refractivity contribution in [3.8, 4) is 23.0 Å². The lowest BCUT2D eigenvalue weighted by atomic mass is 10.0. The van der Waals surface area contributed by atoms with Crippen molar-refractivity contribution in [3.63, 3.8) is 0 Å². The van der Waals surface area contributed by atoms with Crippen molar-refractivity contribution in [2.75, 3.05) is 13.2 Å². The van der Waals surface area contributed by atoms with Crippen LogP contribution in [0, 0.1) is 0 Å². The summed E-state index contributed by atoms with van der Waals surface area (Å²) in [5.74, 6) is 0.696. The highest BCUT2D eigenvalue weighted by Crippen LogP contribution is 2.28. The summed E-state index contributed by atoms with van der Waals surface area (Å²) in [6, 6.07) is 35.7. The Bertz CT molecular complexity index is 2280. The second-order valence-corrected chi connectivity index (χ2v) is 19.0. The van der Waals surface area contributed by atoms with Gasteiger partial charge in [0, 0.05) is 17.8 Å². The molecular weight excluding hydrogens is 895 g/mol. The number of esters is 2. The van der Waals surface area contributed by atoms with E-state index in [1.807, 2.05) is 54.6 Å². The number of benzene rings is 5. The molecule has 0 saturated carbocycles. The summed E-state index contributed by atoms with van der Waals surface area (Å²) in [7, 11) is 0. The number of rotatable bonds is 38. The summed E-state index contributed by atoms with van der Waals surface area (Å²) in [5.41, 5.74) is 3.34. The van der Waals surface area contributed by atoms with Crippen LogP contribution in [0.5, 0.6) is 23.0 Å². The van der Waals surface area contributed by atoms with Gasteiger partial charge in [-0.05, 0) is 110 Å². The van der Waals surface area contributed by atoms with Crippen LogP contribution in [0.2, 0.25) is 0 Å². The van der Waals surface area contributed by atoms with Crippen LogP contribution in [0.4, 0.5) is 17.1 Å². The average molecular weight is 978 g/mol. The van der Waals surface area contributed by atoms with E-state index in [4.69, 9.17) is 18.9 Å². The molecule has 5 aromatic rings. The molecule has 0 heterocycles. The van der Waals surface area contributed by atoms with Crippen LogP contribution in [-0.2, 0) is 0 Å². The average Bonchev–Trinajstić information content (AvgIpc) is 3.41. The molecule has 9 heteroatoms. The molecule has 0 fully saturated rings. The standard InChI is InChI=1S/C63H83N3O6/c1-3-5-7-9-11-13-15-17-19-21-23-25-30-48-69-58-43-34-52(35-44-58)62(67)71-60-47-38-54(51-64-55-39-41-57(42-40-55)66-65-56-32-28-27-29-33-56)61(50-60)72-63(68)53-36-45-59(46-37-53)70-49-31-26-24-22-20-18-16-14-12-10-8-6-4-2/h27-29,32-47,50-51H,3-26,30-31,48-49H2,1-2H3. The number of ether oxygens (including phenoxy) is 4. The number of unbranched alkanes of at least 4 members (excludes halogenated alkanes) is 24. The summed E-state index contributed by atoms with van der Waals surface area (Å²) >= 11 is 0. The third kappa shape index (κ3) is 23.9. The first-order valence-electron chi connectivity index (χ1n) is 27.7. The number of carbonyl (C=O) groups excluding carboxylic acids is 2. The quantitative estimate of drug-likeness (QED) is 0.0128. The van der Waals surface area contributed by atoms with Gasteiger partial charge in [0.25, 0.3) is 0 Å². The highest BCUT2D eigenvalue weighted by molar-refractivity contribution is 5.94. The Morgan fingerprint density at radius 1 is 0.389 bits per heavy atom. The fourth-order valence-electron chi connectivity index (χ4n) is 8.45. The predicted molar refractivity (Wildman–Crippen MR) is 296 cm³/mol. The number of hydrogen-bond donors (Lipinski definition) is 0. The zero-order valence-corrected chi connectivity index (χ0v) is 43.7. The fraction of sp³-hybridized carbons (Fsp3) is 0.476. The maximum Gasteiger partial charge on any atom is 0.343 e. The van der Waals surface area contributed by atoms with E-state index in [1.165, 1.54) is 147 Å². The molecule has 0 atom stereocenters. The van der Waals surface area contributed by atoms with Crippen molar-refractivity contribution in [2.45, 2.75) is 181 Å². The lowest BCUT2D eigenvalue weighted by Gasteiger charge is -2.11. The van der Waals surface area contributed by atoms with E-state index in [2.05, 4.69) is 29.1 Å². The van der Waals surface area contributed by atoms with Crippen molar-refractivity contribution >= 4 is 35.2 Å². The molecule has 0 unspecified atom stereocenters. The molecule has 0 bridgehead atoms. The topological polar surface area (TPSA) is 108 Å². The maximum atomic E-state index is 13.6. The van der Waals surface area contributed by atoms with E-state index in [1.54, 1.807) is 66.9 Å². The molecule has 0 spiro atoms. The van der Waals surface area contributed by atoms with Crippen LogP contribution >= 0.6 is 0 Å². The van der Waals surface area contributed by atoms with Crippen LogP contribution in [0.1, 0.15) is 207 Å². The summed E-state index contributed by atoms with van der Waals surface area (Å²) in [4.78, 5) is 31.6. The van der Waals surface area contributed by atoms with E-state index in [0.717, 1.165) is 31.4 Å². The molecule has 0 aromatic heterocycles. The highest BCUT2D eigenvalue weighted by atomic mass is 16.5. The lowest BCUT2D eigenvalue weighted by molar-refractivity contribution is 0.0732. The monoisotopic (exact) mass is 978 g/mol. The third-order valence-electron chi connectivity index (χ3n) is 12.9. The molecule has 0 aliphatic rings. The normalized spacial score (nSPS) is 11.4. The summed E-state index contributed by atoms with van der Waals surface area (Å²) < 4.78 is 23.8.